The van der Waals surface area contributed by atoms with E-state index in [4.69, 9.17) is 0 Å². The molecule has 4 aromatic rings. The van der Waals surface area contributed by atoms with Gasteiger partial charge < -0.3 is 10.2 Å². The lowest BCUT2D eigenvalue weighted by atomic mass is 9.67. The summed E-state index contributed by atoms with van der Waals surface area (Å²) in [5, 5.41) is 19.8. The first-order chi connectivity index (χ1) is 16.4. The highest BCUT2D eigenvalue weighted by Crippen LogP contribution is 2.57. The van der Waals surface area contributed by atoms with E-state index in [1.54, 1.807) is 24.3 Å². The summed E-state index contributed by atoms with van der Waals surface area (Å²) < 4.78 is 67.7. The van der Waals surface area contributed by atoms with Gasteiger partial charge in [-0.1, -0.05) is 36.4 Å². The number of rotatable bonds is 4. The molecule has 0 spiro atoms. The summed E-state index contributed by atoms with van der Waals surface area (Å²) in [6.07, 6.45) is 0. The highest BCUT2D eigenvalue weighted by atomic mass is 32.2. The van der Waals surface area contributed by atoms with E-state index < -0.39 is 25.7 Å². The molecular weight excluding hydrogens is 492 g/mol. The first-order valence-electron chi connectivity index (χ1n) is 10.3. The third-order valence-electron chi connectivity index (χ3n) is 6.28. The highest BCUT2D eigenvalue weighted by Gasteiger charge is 2.47. The van der Waals surface area contributed by atoms with Crippen LogP contribution in [0.3, 0.4) is 0 Å². The van der Waals surface area contributed by atoms with Crippen molar-refractivity contribution in [3.63, 3.8) is 0 Å². The molecule has 0 unspecified atom stereocenters. The van der Waals surface area contributed by atoms with Crippen LogP contribution in [0, 0.1) is 0 Å². The number of benzene rings is 4. The molecular formula is C25H18O8S2. The molecule has 0 heterocycles. The van der Waals surface area contributed by atoms with E-state index in [2.05, 4.69) is 0 Å². The molecule has 0 saturated heterocycles. The van der Waals surface area contributed by atoms with Gasteiger partial charge in [-0.15, -0.1) is 0 Å². The van der Waals surface area contributed by atoms with Gasteiger partial charge in [0.25, 0.3) is 20.2 Å². The summed E-state index contributed by atoms with van der Waals surface area (Å²) in [4.78, 5) is -0.720. The predicted molar refractivity (Wildman–Crippen MR) is 127 cm³/mol. The molecule has 0 atom stereocenters. The lowest BCUT2D eigenvalue weighted by Gasteiger charge is -2.34. The van der Waals surface area contributed by atoms with Crippen LogP contribution in [0.15, 0.2) is 94.7 Å². The van der Waals surface area contributed by atoms with Gasteiger partial charge in [0.2, 0.25) is 0 Å². The largest absolute Gasteiger partial charge is 0.508 e. The number of fused-ring (bicyclic) bond motifs is 3. The molecule has 0 aliphatic heterocycles. The molecule has 1 aliphatic carbocycles. The summed E-state index contributed by atoms with van der Waals surface area (Å²) in [5.74, 6) is -0.0437. The molecule has 0 aromatic heterocycles. The van der Waals surface area contributed by atoms with E-state index >= 15 is 0 Å². The third-order valence-corrected chi connectivity index (χ3v) is 7.98. The molecule has 4 aromatic carbocycles. The molecule has 4 N–H and O–H groups in total. The molecule has 8 nitrogen and oxygen atoms in total. The second-order valence-electron chi connectivity index (χ2n) is 8.21. The number of phenolic OH excluding ortho intramolecular Hbond substituents is 2. The molecule has 35 heavy (non-hydrogen) atoms. The Morgan fingerprint density at radius 2 is 0.857 bits per heavy atom. The van der Waals surface area contributed by atoms with Crippen molar-refractivity contribution in [1.82, 2.24) is 0 Å². The van der Waals surface area contributed by atoms with Gasteiger partial charge in [-0.3, -0.25) is 9.11 Å². The van der Waals surface area contributed by atoms with Gasteiger partial charge in [0.05, 0.1) is 15.2 Å². The zero-order chi connectivity index (χ0) is 25.2. The Balaban J connectivity index is 2.00. The quantitative estimate of drug-likeness (QED) is 0.266. The minimum atomic E-state index is -4.59. The topological polar surface area (TPSA) is 149 Å². The van der Waals surface area contributed by atoms with Crippen LogP contribution in [0.5, 0.6) is 11.5 Å². The third kappa shape index (κ3) is 3.58. The van der Waals surface area contributed by atoms with Crippen molar-refractivity contribution in [3.05, 3.63) is 107 Å². The number of phenols is 2. The van der Waals surface area contributed by atoms with Crippen molar-refractivity contribution in [2.75, 3.05) is 0 Å². The fourth-order valence-electron chi connectivity index (χ4n) is 4.81. The van der Waals surface area contributed by atoms with E-state index in [-0.39, 0.29) is 21.3 Å². The minimum Gasteiger partial charge on any atom is -0.508 e. The zero-order valence-electron chi connectivity index (χ0n) is 17.8. The van der Waals surface area contributed by atoms with Crippen molar-refractivity contribution >= 4 is 20.2 Å². The molecule has 1 aliphatic rings. The number of hydrogen-bond acceptors (Lipinski definition) is 6. The molecule has 0 fully saturated rings. The molecule has 5 rings (SSSR count). The SMILES string of the molecule is O=S(=O)(O)c1ccc2c(c1)C(c1ccc(O)cc1)(c1ccc(O)cc1)c1cc(S(=O)(=O)O)ccc1-2. The summed E-state index contributed by atoms with van der Waals surface area (Å²) >= 11 is 0. The van der Waals surface area contributed by atoms with Gasteiger partial charge in [0.15, 0.2) is 0 Å². The standard InChI is InChI=1S/C25H18O8S2/c26-17-5-1-15(2-6-17)25(16-3-7-18(27)8-4-16)23-13-19(34(28,29)30)9-11-21(23)22-12-10-20(14-24(22)25)35(31,32)33/h1-14,26-27H,(H,28,29,30)(H,31,32,33). The van der Waals surface area contributed by atoms with Gasteiger partial charge in [-0.25, -0.2) is 0 Å². The molecule has 10 heteroatoms. The van der Waals surface area contributed by atoms with E-state index in [1.165, 1.54) is 60.7 Å². The lowest BCUT2D eigenvalue weighted by Crippen LogP contribution is -2.29. The van der Waals surface area contributed by atoms with Gasteiger partial charge >= 0.3 is 0 Å². The average molecular weight is 511 g/mol. The van der Waals surface area contributed by atoms with Gasteiger partial charge in [-0.05, 0) is 81.9 Å². The number of aromatic hydroxyl groups is 2. The smallest absolute Gasteiger partial charge is 0.294 e. The Bertz CT molecular complexity index is 1560. The Labute approximate surface area is 201 Å². The maximum absolute atomic E-state index is 12.0. The van der Waals surface area contributed by atoms with Crippen LogP contribution >= 0.6 is 0 Å². The lowest BCUT2D eigenvalue weighted by molar-refractivity contribution is 0.474. The highest BCUT2D eigenvalue weighted by molar-refractivity contribution is 7.86. The van der Waals surface area contributed by atoms with Crippen molar-refractivity contribution in [2.45, 2.75) is 15.2 Å². The molecule has 0 radical (unpaired) electrons. The van der Waals surface area contributed by atoms with Crippen molar-refractivity contribution in [3.8, 4) is 22.6 Å². The van der Waals surface area contributed by atoms with E-state index in [0.29, 0.717) is 33.4 Å². The van der Waals surface area contributed by atoms with Crippen molar-refractivity contribution in [2.24, 2.45) is 0 Å². The van der Waals surface area contributed by atoms with Crippen LogP contribution in [0.4, 0.5) is 0 Å². The van der Waals surface area contributed by atoms with Crippen LogP contribution < -0.4 is 0 Å². The monoisotopic (exact) mass is 510 g/mol. The Kier molecular flexibility index (Phi) is 5.04. The predicted octanol–water partition coefficient (Wildman–Crippen LogP) is 3.95. The van der Waals surface area contributed by atoms with Gasteiger partial charge in [-0.2, -0.15) is 16.8 Å². The molecule has 0 saturated carbocycles. The van der Waals surface area contributed by atoms with E-state index in [9.17, 15) is 36.2 Å². The van der Waals surface area contributed by atoms with Crippen LogP contribution in [0.2, 0.25) is 0 Å². The zero-order valence-corrected chi connectivity index (χ0v) is 19.5. The first kappa shape index (κ1) is 23.1. The summed E-state index contributed by atoms with van der Waals surface area (Å²) in [5.41, 5.74) is 1.76. The molecule has 0 bridgehead atoms. The Morgan fingerprint density at radius 3 is 1.17 bits per heavy atom. The van der Waals surface area contributed by atoms with Crippen LogP contribution in [-0.4, -0.2) is 36.2 Å². The van der Waals surface area contributed by atoms with Gasteiger partial charge in [0, 0.05) is 0 Å². The maximum Gasteiger partial charge on any atom is 0.294 e. The summed E-state index contributed by atoms with van der Waals surface area (Å²) in [6, 6.07) is 20.4. The molecule has 0 amide bonds. The Hall–Kier alpha value is -3.70. The fourth-order valence-corrected chi connectivity index (χ4v) is 5.83. The van der Waals surface area contributed by atoms with E-state index in [0.717, 1.165) is 0 Å². The number of hydrogen-bond donors (Lipinski definition) is 4. The minimum absolute atomic E-state index is 0.0218. The Morgan fingerprint density at radius 1 is 0.514 bits per heavy atom. The van der Waals surface area contributed by atoms with Crippen LogP contribution in [0.25, 0.3) is 11.1 Å². The first-order valence-corrected chi connectivity index (χ1v) is 13.1. The summed E-state index contributed by atoms with van der Waals surface area (Å²) in [6.45, 7) is 0. The second-order valence-corrected chi connectivity index (χ2v) is 11.1. The van der Waals surface area contributed by atoms with Crippen molar-refractivity contribution in [1.29, 1.82) is 0 Å². The normalized spacial score (nSPS) is 14.3. The average Bonchev–Trinajstić information content (AvgIpc) is 3.09. The maximum atomic E-state index is 12.0. The van der Waals surface area contributed by atoms with Crippen LogP contribution in [-0.2, 0) is 25.7 Å². The van der Waals surface area contributed by atoms with Crippen LogP contribution in [0.1, 0.15) is 22.3 Å². The molecule has 178 valence electrons. The fraction of sp³-hybridized carbons (Fsp3) is 0.0400. The second kappa shape index (κ2) is 7.65. The van der Waals surface area contributed by atoms with E-state index in [1.807, 2.05) is 0 Å². The summed E-state index contributed by atoms with van der Waals surface area (Å²) in [7, 11) is -9.17. The van der Waals surface area contributed by atoms with Crippen molar-refractivity contribution < 1.29 is 36.2 Å². The van der Waals surface area contributed by atoms with Gasteiger partial charge in [0.1, 0.15) is 11.5 Å².